The largest absolute Gasteiger partial charge is 0.393 e. The Balaban J connectivity index is 1.50. The summed E-state index contributed by atoms with van der Waals surface area (Å²) < 4.78 is 30.2. The normalized spacial score (nSPS) is 21.3. The van der Waals surface area contributed by atoms with Gasteiger partial charge in [-0.2, -0.15) is 0 Å². The quantitative estimate of drug-likeness (QED) is 0.293. The van der Waals surface area contributed by atoms with E-state index in [1.165, 1.54) is 12.1 Å². The molecule has 37 heavy (non-hydrogen) atoms. The Labute approximate surface area is 226 Å². The van der Waals surface area contributed by atoms with Crippen molar-refractivity contribution in [3.05, 3.63) is 64.9 Å². The second-order valence-corrected chi connectivity index (χ2v) is 12.2. The molecule has 5 nitrogen and oxygen atoms in total. The summed E-state index contributed by atoms with van der Waals surface area (Å²) in [5.74, 6) is -1.26. The molecule has 3 heterocycles. The third-order valence-corrected chi connectivity index (χ3v) is 8.15. The van der Waals surface area contributed by atoms with E-state index in [1.807, 2.05) is 36.1 Å². The lowest BCUT2D eigenvalue weighted by molar-refractivity contribution is 0.124. The van der Waals surface area contributed by atoms with E-state index in [9.17, 15) is 5.11 Å². The van der Waals surface area contributed by atoms with Gasteiger partial charge >= 0.3 is 0 Å². The Bertz CT molecular complexity index is 1240. The molecule has 200 valence electrons. The molecule has 0 spiro atoms. The highest BCUT2D eigenvalue weighted by Gasteiger charge is 2.42. The van der Waals surface area contributed by atoms with E-state index in [0.29, 0.717) is 12.1 Å². The molecule has 2 unspecified atom stereocenters. The Morgan fingerprint density at radius 1 is 1.16 bits per heavy atom. The SMILES string of the molecule is CCCCN1CC(Nc2cc(F)c(C3c4[nH]c5ccccc5c4CC(C)N3CC(Cl)(Cl)CO)c(F)c2)C1. The highest BCUT2D eigenvalue weighted by atomic mass is 35.5. The summed E-state index contributed by atoms with van der Waals surface area (Å²) in [7, 11) is 0. The van der Waals surface area contributed by atoms with Gasteiger partial charge in [-0.05, 0) is 50.1 Å². The van der Waals surface area contributed by atoms with E-state index in [4.69, 9.17) is 23.2 Å². The molecule has 2 aliphatic heterocycles. The maximum atomic E-state index is 15.8. The van der Waals surface area contributed by atoms with Crippen molar-refractivity contribution >= 4 is 39.8 Å². The number of para-hydroxylation sites is 1. The fraction of sp³-hybridized carbons (Fsp3) is 0.500. The van der Waals surface area contributed by atoms with Crippen molar-refractivity contribution in [3.8, 4) is 0 Å². The minimum atomic E-state index is -1.47. The molecule has 0 aliphatic carbocycles. The number of nitrogens with one attached hydrogen (secondary N) is 2. The van der Waals surface area contributed by atoms with Crippen LogP contribution < -0.4 is 5.32 Å². The molecule has 0 bridgehead atoms. The van der Waals surface area contributed by atoms with Gasteiger partial charge in [0.15, 0.2) is 4.33 Å². The molecule has 5 rings (SSSR count). The molecular weight excluding hydrogens is 517 g/mol. The maximum Gasteiger partial charge on any atom is 0.153 e. The number of fused-ring (bicyclic) bond motifs is 3. The van der Waals surface area contributed by atoms with Gasteiger partial charge in [-0.1, -0.05) is 54.7 Å². The van der Waals surface area contributed by atoms with Gasteiger partial charge in [-0.3, -0.25) is 9.80 Å². The smallest absolute Gasteiger partial charge is 0.153 e. The lowest BCUT2D eigenvalue weighted by Gasteiger charge is -2.43. The molecule has 3 N–H and O–H groups in total. The predicted octanol–water partition coefficient (Wildman–Crippen LogP) is 5.84. The van der Waals surface area contributed by atoms with Crippen molar-refractivity contribution in [1.82, 2.24) is 14.8 Å². The predicted molar refractivity (Wildman–Crippen MR) is 147 cm³/mol. The fourth-order valence-electron chi connectivity index (χ4n) is 5.77. The van der Waals surface area contributed by atoms with Gasteiger partial charge < -0.3 is 15.4 Å². The summed E-state index contributed by atoms with van der Waals surface area (Å²) in [5, 5.41) is 14.1. The Kier molecular flexibility index (Phi) is 7.72. The second kappa shape index (κ2) is 10.7. The number of aliphatic hydroxyl groups excluding tert-OH is 1. The summed E-state index contributed by atoms with van der Waals surface area (Å²) in [4.78, 5) is 7.64. The van der Waals surface area contributed by atoms with E-state index in [-0.39, 0.29) is 24.2 Å². The van der Waals surface area contributed by atoms with Crippen LogP contribution in [0, 0.1) is 11.6 Å². The zero-order chi connectivity index (χ0) is 26.3. The first-order valence-corrected chi connectivity index (χ1v) is 13.8. The van der Waals surface area contributed by atoms with Gasteiger partial charge in [-0.25, -0.2) is 8.78 Å². The van der Waals surface area contributed by atoms with Crippen molar-refractivity contribution in [2.75, 3.05) is 38.1 Å². The molecule has 3 aromatic rings. The van der Waals surface area contributed by atoms with Gasteiger partial charge in [0, 0.05) is 53.5 Å². The molecule has 0 radical (unpaired) electrons. The number of aliphatic hydroxyl groups is 1. The third kappa shape index (κ3) is 5.34. The molecule has 1 fully saturated rings. The van der Waals surface area contributed by atoms with E-state index in [1.54, 1.807) is 0 Å². The van der Waals surface area contributed by atoms with Crippen LogP contribution in [-0.2, 0) is 6.42 Å². The number of nitrogens with zero attached hydrogens (tertiary/aromatic N) is 2. The van der Waals surface area contributed by atoms with Crippen molar-refractivity contribution < 1.29 is 13.9 Å². The number of rotatable bonds is 9. The van der Waals surface area contributed by atoms with E-state index in [2.05, 4.69) is 22.1 Å². The first-order valence-electron chi connectivity index (χ1n) is 13.0. The van der Waals surface area contributed by atoms with Crippen LogP contribution in [-0.4, -0.2) is 69.1 Å². The Morgan fingerprint density at radius 3 is 2.54 bits per heavy atom. The molecule has 1 saturated heterocycles. The van der Waals surface area contributed by atoms with Gasteiger partial charge in [0.05, 0.1) is 18.7 Å². The third-order valence-electron chi connectivity index (χ3n) is 7.67. The fourth-order valence-corrected chi connectivity index (χ4v) is 6.05. The first-order chi connectivity index (χ1) is 17.7. The van der Waals surface area contributed by atoms with Crippen molar-refractivity contribution in [2.24, 2.45) is 0 Å². The van der Waals surface area contributed by atoms with Crippen LogP contribution in [0.1, 0.15) is 49.6 Å². The van der Waals surface area contributed by atoms with Crippen LogP contribution in [0.2, 0.25) is 0 Å². The minimum Gasteiger partial charge on any atom is -0.393 e. The van der Waals surface area contributed by atoms with Crippen molar-refractivity contribution in [3.63, 3.8) is 0 Å². The molecular formula is C28H34Cl2F2N4O. The van der Waals surface area contributed by atoms with Gasteiger partial charge in [-0.15, -0.1) is 0 Å². The summed E-state index contributed by atoms with van der Waals surface area (Å²) in [6.45, 7) is 6.51. The number of hydrogen-bond donors (Lipinski definition) is 3. The summed E-state index contributed by atoms with van der Waals surface area (Å²) >= 11 is 12.7. The molecule has 0 saturated carbocycles. The number of likely N-dealkylation sites (tertiary alicyclic amines) is 1. The van der Waals surface area contributed by atoms with E-state index < -0.39 is 28.6 Å². The molecule has 1 aromatic heterocycles. The van der Waals surface area contributed by atoms with Crippen LogP contribution in [0.4, 0.5) is 14.5 Å². The van der Waals surface area contributed by atoms with E-state index >= 15 is 8.78 Å². The maximum absolute atomic E-state index is 15.8. The molecule has 0 amide bonds. The standard InChI is InChI=1S/C28H34Cl2F2N4O/c1-3-4-9-35-13-19(14-35)33-18-11-22(31)25(23(32)12-18)27-26-21(20-7-5-6-8-24(20)34-26)10-17(2)36(27)15-28(29,30)16-37/h5-8,11-12,17,19,27,33-34,37H,3-4,9-10,13-16H2,1-2H3. The number of unbranched alkanes of at least 4 members (excludes halogenated alkanes) is 1. The number of aromatic amines is 1. The van der Waals surface area contributed by atoms with Crippen LogP contribution in [0.3, 0.4) is 0 Å². The summed E-state index contributed by atoms with van der Waals surface area (Å²) in [6, 6.07) is 9.91. The topological polar surface area (TPSA) is 54.5 Å². The average molecular weight is 552 g/mol. The van der Waals surface area contributed by atoms with Crippen LogP contribution in [0.5, 0.6) is 0 Å². The number of aromatic nitrogens is 1. The number of alkyl halides is 2. The number of halogens is 4. The summed E-state index contributed by atoms with van der Waals surface area (Å²) in [6.07, 6.45) is 2.96. The van der Waals surface area contributed by atoms with E-state index in [0.717, 1.165) is 54.6 Å². The van der Waals surface area contributed by atoms with Gasteiger partial charge in [0.2, 0.25) is 0 Å². The lowest BCUT2D eigenvalue weighted by Crippen LogP contribution is -2.54. The molecule has 2 aromatic carbocycles. The lowest BCUT2D eigenvalue weighted by atomic mass is 9.87. The number of anilines is 1. The molecule has 2 aliphatic rings. The van der Waals surface area contributed by atoms with Crippen LogP contribution >= 0.6 is 23.2 Å². The molecule has 9 heteroatoms. The minimum absolute atomic E-state index is 0.0435. The zero-order valence-corrected chi connectivity index (χ0v) is 22.7. The van der Waals surface area contributed by atoms with Crippen LogP contribution in [0.15, 0.2) is 36.4 Å². The van der Waals surface area contributed by atoms with Crippen LogP contribution in [0.25, 0.3) is 10.9 Å². The van der Waals surface area contributed by atoms with Crippen molar-refractivity contribution in [1.29, 1.82) is 0 Å². The van der Waals surface area contributed by atoms with Crippen molar-refractivity contribution in [2.45, 2.75) is 55.6 Å². The Morgan fingerprint density at radius 2 is 1.86 bits per heavy atom. The first kappa shape index (κ1) is 26.7. The summed E-state index contributed by atoms with van der Waals surface area (Å²) in [5.41, 5.74) is 3.06. The number of hydrogen-bond acceptors (Lipinski definition) is 4. The highest BCUT2D eigenvalue weighted by Crippen LogP contribution is 2.44. The number of H-pyrrole nitrogens is 1. The average Bonchev–Trinajstić information content (AvgIpc) is 3.19. The van der Waals surface area contributed by atoms with Gasteiger partial charge in [0.1, 0.15) is 11.6 Å². The van der Waals surface area contributed by atoms with Gasteiger partial charge in [0.25, 0.3) is 0 Å². The second-order valence-electron chi connectivity index (χ2n) is 10.5. The number of benzene rings is 2. The highest BCUT2D eigenvalue weighted by molar-refractivity contribution is 6.48. The molecule has 2 atom stereocenters. The zero-order valence-electron chi connectivity index (χ0n) is 21.2. The Hall–Kier alpha value is -1.90. The monoisotopic (exact) mass is 550 g/mol.